The lowest BCUT2D eigenvalue weighted by atomic mass is 10.2. The Morgan fingerprint density at radius 2 is 2.25 bits per heavy atom. The fourth-order valence-corrected chi connectivity index (χ4v) is 1.20. The average molecular weight is 222 g/mol. The SMILES string of the molecule is CCOC(=O)COc1cccc(CC=O)c1. The van der Waals surface area contributed by atoms with Gasteiger partial charge >= 0.3 is 5.97 Å². The summed E-state index contributed by atoms with van der Waals surface area (Å²) < 4.78 is 9.94. The van der Waals surface area contributed by atoms with Crippen molar-refractivity contribution in [3.8, 4) is 5.75 Å². The second kappa shape index (κ2) is 6.61. The Morgan fingerprint density at radius 3 is 2.94 bits per heavy atom. The predicted octanol–water partition coefficient (Wildman–Crippen LogP) is 1.37. The summed E-state index contributed by atoms with van der Waals surface area (Å²) in [6, 6.07) is 7.06. The summed E-state index contributed by atoms with van der Waals surface area (Å²) in [4.78, 5) is 21.3. The van der Waals surface area contributed by atoms with Crippen LogP contribution in [0.2, 0.25) is 0 Å². The maximum atomic E-state index is 11.0. The van der Waals surface area contributed by atoms with E-state index in [1.807, 2.05) is 6.07 Å². The highest BCUT2D eigenvalue weighted by Gasteiger charge is 2.03. The fraction of sp³-hybridized carbons (Fsp3) is 0.333. The van der Waals surface area contributed by atoms with Crippen molar-refractivity contribution >= 4 is 12.3 Å². The number of benzene rings is 1. The van der Waals surface area contributed by atoms with Gasteiger partial charge in [-0.05, 0) is 24.6 Å². The molecule has 0 saturated carbocycles. The lowest BCUT2D eigenvalue weighted by Crippen LogP contribution is -2.14. The summed E-state index contributed by atoms with van der Waals surface area (Å²) in [5.41, 5.74) is 0.858. The van der Waals surface area contributed by atoms with Crippen LogP contribution in [0, 0.1) is 0 Å². The van der Waals surface area contributed by atoms with Crippen molar-refractivity contribution < 1.29 is 19.1 Å². The monoisotopic (exact) mass is 222 g/mol. The summed E-state index contributed by atoms with van der Waals surface area (Å²) in [5, 5.41) is 0. The summed E-state index contributed by atoms with van der Waals surface area (Å²) in [5.74, 6) is 0.163. The highest BCUT2D eigenvalue weighted by Crippen LogP contribution is 2.13. The smallest absolute Gasteiger partial charge is 0.344 e. The predicted molar refractivity (Wildman–Crippen MR) is 58.3 cm³/mol. The van der Waals surface area contributed by atoms with Crippen LogP contribution in [-0.4, -0.2) is 25.5 Å². The minimum absolute atomic E-state index is 0.113. The first kappa shape index (κ1) is 12.2. The van der Waals surface area contributed by atoms with Gasteiger partial charge in [0.2, 0.25) is 0 Å². The molecule has 1 rings (SSSR count). The Kier molecular flexibility index (Phi) is 5.05. The molecule has 4 nitrogen and oxygen atoms in total. The highest BCUT2D eigenvalue weighted by atomic mass is 16.6. The van der Waals surface area contributed by atoms with E-state index >= 15 is 0 Å². The highest BCUT2D eigenvalue weighted by molar-refractivity contribution is 5.71. The fourth-order valence-electron chi connectivity index (χ4n) is 1.20. The van der Waals surface area contributed by atoms with E-state index in [1.165, 1.54) is 0 Å². The maximum absolute atomic E-state index is 11.0. The minimum atomic E-state index is -0.400. The van der Waals surface area contributed by atoms with Crippen molar-refractivity contribution in [2.24, 2.45) is 0 Å². The molecule has 1 aromatic carbocycles. The third-order valence-electron chi connectivity index (χ3n) is 1.88. The van der Waals surface area contributed by atoms with Gasteiger partial charge in [-0.2, -0.15) is 0 Å². The Balaban J connectivity index is 2.50. The molecular weight excluding hydrogens is 208 g/mol. The van der Waals surface area contributed by atoms with Gasteiger partial charge in [-0.15, -0.1) is 0 Å². The first-order valence-corrected chi connectivity index (χ1v) is 5.07. The number of carbonyl (C=O) groups is 2. The van der Waals surface area contributed by atoms with Crippen LogP contribution < -0.4 is 4.74 Å². The van der Waals surface area contributed by atoms with Gasteiger partial charge in [-0.25, -0.2) is 4.79 Å². The molecule has 0 heterocycles. The number of ether oxygens (including phenoxy) is 2. The summed E-state index contributed by atoms with van der Waals surface area (Å²) in [6.45, 7) is 1.97. The minimum Gasteiger partial charge on any atom is -0.482 e. The maximum Gasteiger partial charge on any atom is 0.344 e. The number of hydrogen-bond donors (Lipinski definition) is 0. The van der Waals surface area contributed by atoms with Crippen LogP contribution in [0.1, 0.15) is 12.5 Å². The number of rotatable bonds is 6. The van der Waals surface area contributed by atoms with Crippen molar-refractivity contribution in [3.05, 3.63) is 29.8 Å². The molecule has 86 valence electrons. The number of aldehydes is 1. The lowest BCUT2D eigenvalue weighted by Gasteiger charge is -2.06. The molecule has 0 spiro atoms. The standard InChI is InChI=1S/C12H14O4/c1-2-15-12(14)9-16-11-5-3-4-10(8-11)6-7-13/h3-5,7-8H,2,6,9H2,1H3. The number of esters is 1. The van der Waals surface area contributed by atoms with Gasteiger partial charge in [0.25, 0.3) is 0 Å². The zero-order chi connectivity index (χ0) is 11.8. The van der Waals surface area contributed by atoms with E-state index in [9.17, 15) is 9.59 Å². The molecule has 0 amide bonds. The van der Waals surface area contributed by atoms with Crippen molar-refractivity contribution in [1.29, 1.82) is 0 Å². The van der Waals surface area contributed by atoms with Gasteiger partial charge in [0.1, 0.15) is 12.0 Å². The molecule has 0 unspecified atom stereocenters. The Labute approximate surface area is 94.2 Å². The van der Waals surface area contributed by atoms with Gasteiger partial charge in [-0.3, -0.25) is 0 Å². The zero-order valence-electron chi connectivity index (χ0n) is 9.14. The van der Waals surface area contributed by atoms with Crippen LogP contribution >= 0.6 is 0 Å². The molecule has 4 heteroatoms. The quantitative estimate of drug-likeness (QED) is 0.539. The number of carbonyl (C=O) groups excluding carboxylic acids is 2. The van der Waals surface area contributed by atoms with Crippen LogP contribution in [0.15, 0.2) is 24.3 Å². The molecule has 0 radical (unpaired) electrons. The van der Waals surface area contributed by atoms with Crippen molar-refractivity contribution in [2.75, 3.05) is 13.2 Å². The van der Waals surface area contributed by atoms with Gasteiger partial charge in [0.15, 0.2) is 6.61 Å². The van der Waals surface area contributed by atoms with Crippen LogP contribution in [0.3, 0.4) is 0 Å². The summed E-state index contributed by atoms with van der Waals surface area (Å²) in [7, 11) is 0. The van der Waals surface area contributed by atoms with E-state index in [4.69, 9.17) is 9.47 Å². The second-order valence-corrected chi connectivity index (χ2v) is 3.11. The van der Waals surface area contributed by atoms with Gasteiger partial charge in [0, 0.05) is 6.42 Å². The molecule has 0 atom stereocenters. The Morgan fingerprint density at radius 1 is 1.44 bits per heavy atom. The van der Waals surface area contributed by atoms with E-state index in [-0.39, 0.29) is 6.61 Å². The molecule has 0 aliphatic heterocycles. The average Bonchev–Trinajstić information content (AvgIpc) is 2.28. The Bertz CT molecular complexity index is 360. The van der Waals surface area contributed by atoms with Crippen molar-refractivity contribution in [1.82, 2.24) is 0 Å². The topological polar surface area (TPSA) is 52.6 Å². The van der Waals surface area contributed by atoms with Crippen molar-refractivity contribution in [3.63, 3.8) is 0 Å². The van der Waals surface area contributed by atoms with Crippen molar-refractivity contribution in [2.45, 2.75) is 13.3 Å². The van der Waals surface area contributed by atoms with Crippen LogP contribution in [0.4, 0.5) is 0 Å². The molecular formula is C12H14O4. The molecule has 0 N–H and O–H groups in total. The Hall–Kier alpha value is -1.84. The summed E-state index contributed by atoms with van der Waals surface area (Å²) in [6.07, 6.45) is 1.17. The third kappa shape index (κ3) is 4.13. The van der Waals surface area contributed by atoms with E-state index in [1.54, 1.807) is 25.1 Å². The molecule has 0 aliphatic carbocycles. The van der Waals surface area contributed by atoms with Crippen LogP contribution in [-0.2, 0) is 20.7 Å². The molecule has 0 aliphatic rings. The molecule has 0 saturated heterocycles. The van der Waals surface area contributed by atoms with Gasteiger partial charge in [0.05, 0.1) is 6.61 Å². The first-order chi connectivity index (χ1) is 7.76. The van der Waals surface area contributed by atoms with Crippen LogP contribution in [0.5, 0.6) is 5.75 Å². The van der Waals surface area contributed by atoms with E-state index in [0.29, 0.717) is 18.8 Å². The first-order valence-electron chi connectivity index (χ1n) is 5.07. The van der Waals surface area contributed by atoms with E-state index in [0.717, 1.165) is 11.8 Å². The second-order valence-electron chi connectivity index (χ2n) is 3.11. The molecule has 0 bridgehead atoms. The molecule has 0 aromatic heterocycles. The van der Waals surface area contributed by atoms with Gasteiger partial charge in [-0.1, -0.05) is 12.1 Å². The van der Waals surface area contributed by atoms with E-state index in [2.05, 4.69) is 0 Å². The zero-order valence-corrected chi connectivity index (χ0v) is 9.14. The normalized spacial score (nSPS) is 9.56. The molecule has 16 heavy (non-hydrogen) atoms. The molecule has 0 fully saturated rings. The lowest BCUT2D eigenvalue weighted by molar-refractivity contribution is -0.145. The molecule has 1 aromatic rings. The van der Waals surface area contributed by atoms with Gasteiger partial charge < -0.3 is 14.3 Å². The third-order valence-corrected chi connectivity index (χ3v) is 1.88. The summed E-state index contributed by atoms with van der Waals surface area (Å²) >= 11 is 0. The number of hydrogen-bond acceptors (Lipinski definition) is 4. The van der Waals surface area contributed by atoms with Crippen LogP contribution in [0.25, 0.3) is 0 Å². The largest absolute Gasteiger partial charge is 0.482 e. The van der Waals surface area contributed by atoms with E-state index < -0.39 is 5.97 Å².